The SMILES string of the molecule is Cn1cc2c(c1C(=O)Nc1ccnc(C(F)F)c1)OCC(C(C)(C)O)NS2. The van der Waals surface area contributed by atoms with Crippen LogP contribution in [0.15, 0.2) is 29.4 Å². The zero-order valence-corrected chi connectivity index (χ0v) is 15.8. The maximum Gasteiger partial charge on any atom is 0.280 e. The van der Waals surface area contributed by atoms with Crippen molar-refractivity contribution >= 4 is 23.5 Å². The molecule has 3 rings (SSSR count). The third kappa shape index (κ3) is 4.23. The number of carbonyl (C=O) groups is 1. The Morgan fingerprint density at radius 2 is 2.30 bits per heavy atom. The zero-order valence-electron chi connectivity index (χ0n) is 15.0. The molecule has 0 aliphatic carbocycles. The molecule has 1 aliphatic heterocycles. The summed E-state index contributed by atoms with van der Waals surface area (Å²) in [4.78, 5) is 17.0. The Hall–Kier alpha value is -2.17. The number of aliphatic hydroxyl groups is 1. The fraction of sp³-hybridized carbons (Fsp3) is 0.412. The van der Waals surface area contributed by atoms with Crippen molar-refractivity contribution in [2.24, 2.45) is 7.05 Å². The van der Waals surface area contributed by atoms with Crippen molar-refractivity contribution in [1.82, 2.24) is 14.3 Å². The van der Waals surface area contributed by atoms with Crippen LogP contribution >= 0.6 is 11.9 Å². The maximum atomic E-state index is 12.8. The van der Waals surface area contributed by atoms with E-state index >= 15 is 0 Å². The number of hydrogen-bond donors (Lipinski definition) is 3. The molecule has 2 aromatic heterocycles. The lowest BCUT2D eigenvalue weighted by atomic mass is 10.0. The molecule has 0 saturated carbocycles. The van der Waals surface area contributed by atoms with Crippen molar-refractivity contribution in [3.63, 3.8) is 0 Å². The molecule has 0 spiro atoms. The second-order valence-electron chi connectivity index (χ2n) is 6.74. The van der Waals surface area contributed by atoms with Crippen LogP contribution in [0.5, 0.6) is 5.75 Å². The van der Waals surface area contributed by atoms with Crippen LogP contribution < -0.4 is 14.8 Å². The van der Waals surface area contributed by atoms with Gasteiger partial charge in [0.25, 0.3) is 12.3 Å². The van der Waals surface area contributed by atoms with Gasteiger partial charge in [-0.2, -0.15) is 0 Å². The van der Waals surface area contributed by atoms with E-state index in [4.69, 9.17) is 4.74 Å². The van der Waals surface area contributed by atoms with Crippen LogP contribution in [0.25, 0.3) is 0 Å². The molecule has 1 amide bonds. The monoisotopic (exact) mass is 398 g/mol. The van der Waals surface area contributed by atoms with Crippen molar-refractivity contribution in [3.05, 3.63) is 35.9 Å². The summed E-state index contributed by atoms with van der Waals surface area (Å²) >= 11 is 1.26. The quantitative estimate of drug-likeness (QED) is 0.687. The van der Waals surface area contributed by atoms with Crippen LogP contribution in [0.2, 0.25) is 0 Å². The van der Waals surface area contributed by atoms with Gasteiger partial charge in [-0.05, 0) is 37.9 Å². The molecule has 0 fully saturated rings. The van der Waals surface area contributed by atoms with Crippen LogP contribution in [0.1, 0.15) is 36.5 Å². The number of carbonyl (C=O) groups excluding carboxylic acids is 1. The van der Waals surface area contributed by atoms with Crippen LogP contribution in [0.3, 0.4) is 0 Å². The highest BCUT2D eigenvalue weighted by Crippen LogP contribution is 2.36. The molecular formula is C17H20F2N4O3S. The molecule has 0 bridgehead atoms. The molecule has 1 unspecified atom stereocenters. The molecule has 3 heterocycles. The van der Waals surface area contributed by atoms with E-state index in [-0.39, 0.29) is 24.0 Å². The first kappa shape index (κ1) is 19.6. The molecule has 146 valence electrons. The summed E-state index contributed by atoms with van der Waals surface area (Å²) in [6.07, 6.45) is 0.219. The van der Waals surface area contributed by atoms with E-state index in [1.165, 1.54) is 24.2 Å². The maximum absolute atomic E-state index is 12.8. The highest BCUT2D eigenvalue weighted by molar-refractivity contribution is 7.97. The number of halogens is 2. The van der Waals surface area contributed by atoms with Crippen molar-refractivity contribution in [2.75, 3.05) is 11.9 Å². The third-order valence-electron chi connectivity index (χ3n) is 4.14. The number of anilines is 1. The van der Waals surface area contributed by atoms with Crippen molar-refractivity contribution in [3.8, 4) is 5.75 Å². The van der Waals surface area contributed by atoms with Gasteiger partial charge in [-0.15, -0.1) is 0 Å². The molecule has 3 N–H and O–H groups in total. The summed E-state index contributed by atoms with van der Waals surface area (Å²) in [5, 5.41) is 12.8. The molecular weight excluding hydrogens is 378 g/mol. The number of aryl methyl sites for hydroxylation is 1. The fourth-order valence-corrected chi connectivity index (χ4v) is 3.66. The number of alkyl halides is 2. The number of hydrogen-bond acceptors (Lipinski definition) is 6. The summed E-state index contributed by atoms with van der Waals surface area (Å²) in [6, 6.07) is 2.23. The summed E-state index contributed by atoms with van der Waals surface area (Å²) in [6.45, 7) is 3.50. The molecule has 10 heteroatoms. The van der Waals surface area contributed by atoms with Crippen molar-refractivity contribution in [2.45, 2.75) is 36.8 Å². The Labute approximate surface area is 159 Å². The number of ether oxygens (including phenoxy) is 1. The summed E-state index contributed by atoms with van der Waals surface area (Å²) in [5.74, 6) is -0.116. The first-order chi connectivity index (χ1) is 12.7. The average molecular weight is 398 g/mol. The molecule has 7 nitrogen and oxygen atoms in total. The minimum Gasteiger partial charge on any atom is -0.488 e. The number of nitrogens with zero attached hydrogens (tertiary/aromatic N) is 2. The van der Waals surface area contributed by atoms with Gasteiger partial charge in [-0.25, -0.2) is 8.78 Å². The van der Waals surface area contributed by atoms with Crippen molar-refractivity contribution < 1.29 is 23.4 Å². The van der Waals surface area contributed by atoms with Gasteiger partial charge in [-0.3, -0.25) is 14.5 Å². The molecule has 1 aliphatic rings. The summed E-state index contributed by atoms with van der Waals surface area (Å²) < 4.78 is 36.1. The average Bonchev–Trinajstić information content (AvgIpc) is 2.74. The lowest BCUT2D eigenvalue weighted by Crippen LogP contribution is -2.47. The Bertz CT molecular complexity index is 851. The zero-order chi connectivity index (χ0) is 19.8. The van der Waals surface area contributed by atoms with E-state index in [0.29, 0.717) is 10.6 Å². The van der Waals surface area contributed by atoms with Crippen LogP contribution in [0.4, 0.5) is 14.5 Å². The largest absolute Gasteiger partial charge is 0.488 e. The Morgan fingerprint density at radius 1 is 1.56 bits per heavy atom. The number of nitrogens with one attached hydrogen (secondary N) is 2. The normalized spacial score (nSPS) is 17.2. The standard InChI is InChI=1S/C17H20F2N4O3S/c1-17(2,25)12-8-26-14-11(27-22-12)7-23(3)13(14)16(24)21-9-4-5-20-10(6-9)15(18)19/h4-7,12,15,22,25H,8H2,1-3H3,(H,20,21,24). The Balaban J connectivity index is 1.83. The summed E-state index contributed by atoms with van der Waals surface area (Å²) in [5.41, 5.74) is -0.952. The lowest BCUT2D eigenvalue weighted by Gasteiger charge is -2.27. The molecule has 27 heavy (non-hydrogen) atoms. The Morgan fingerprint density at radius 3 is 2.96 bits per heavy atom. The minimum absolute atomic E-state index is 0.165. The molecule has 0 aromatic carbocycles. The van der Waals surface area contributed by atoms with Gasteiger partial charge in [-0.1, -0.05) is 0 Å². The second-order valence-corrected chi connectivity index (χ2v) is 7.62. The smallest absolute Gasteiger partial charge is 0.280 e. The van der Waals surface area contributed by atoms with Gasteiger partial charge in [0.2, 0.25) is 0 Å². The second kappa shape index (κ2) is 7.45. The number of pyridine rings is 1. The Kier molecular flexibility index (Phi) is 5.41. The van der Waals surface area contributed by atoms with Gasteiger partial charge in [0.15, 0.2) is 11.4 Å². The van der Waals surface area contributed by atoms with Gasteiger partial charge in [0.05, 0.1) is 16.5 Å². The van der Waals surface area contributed by atoms with Crippen LogP contribution in [-0.2, 0) is 7.05 Å². The van der Waals surface area contributed by atoms with Crippen LogP contribution in [-0.4, -0.2) is 38.8 Å². The van der Waals surface area contributed by atoms with Crippen LogP contribution in [0, 0.1) is 0 Å². The van der Waals surface area contributed by atoms with Gasteiger partial charge < -0.3 is 19.7 Å². The highest BCUT2D eigenvalue weighted by Gasteiger charge is 2.33. The number of amides is 1. The first-order valence-corrected chi connectivity index (χ1v) is 9.00. The highest BCUT2D eigenvalue weighted by atomic mass is 32.2. The number of rotatable bonds is 4. The van der Waals surface area contributed by atoms with Crippen molar-refractivity contribution in [1.29, 1.82) is 0 Å². The molecule has 1 atom stereocenters. The predicted molar refractivity (Wildman–Crippen MR) is 97.1 cm³/mol. The predicted octanol–water partition coefficient (Wildman–Crippen LogP) is 2.74. The molecule has 0 radical (unpaired) electrons. The fourth-order valence-electron chi connectivity index (χ4n) is 2.57. The molecule has 0 saturated heterocycles. The van der Waals surface area contributed by atoms with Gasteiger partial charge in [0.1, 0.15) is 12.3 Å². The van der Waals surface area contributed by atoms with Gasteiger partial charge in [0, 0.05) is 25.1 Å². The number of fused-ring (bicyclic) bond motifs is 1. The van der Waals surface area contributed by atoms with E-state index in [1.54, 1.807) is 31.7 Å². The third-order valence-corrected chi connectivity index (χ3v) is 5.05. The number of aromatic nitrogens is 2. The molecule has 2 aromatic rings. The van der Waals surface area contributed by atoms with Gasteiger partial charge >= 0.3 is 0 Å². The topological polar surface area (TPSA) is 88.4 Å². The van der Waals surface area contributed by atoms with E-state index < -0.39 is 23.6 Å². The minimum atomic E-state index is -2.72. The first-order valence-electron chi connectivity index (χ1n) is 8.19. The van der Waals surface area contributed by atoms with E-state index in [2.05, 4.69) is 15.0 Å². The van der Waals surface area contributed by atoms with E-state index in [1.807, 2.05) is 0 Å². The lowest BCUT2D eigenvalue weighted by molar-refractivity contribution is 0.0296. The van der Waals surface area contributed by atoms with E-state index in [0.717, 1.165) is 6.07 Å². The summed E-state index contributed by atoms with van der Waals surface area (Å²) in [7, 11) is 1.69. The van der Waals surface area contributed by atoms with E-state index in [9.17, 15) is 18.7 Å².